The fraction of sp³-hybridized carbons (Fsp3) is 0.941. The molecule has 2 saturated carbocycles. The van der Waals surface area contributed by atoms with Crippen molar-refractivity contribution in [3.8, 4) is 0 Å². The molecule has 2 aliphatic carbocycles. The highest BCUT2D eigenvalue weighted by Gasteiger charge is 2.62. The van der Waals surface area contributed by atoms with Gasteiger partial charge in [-0.1, -0.05) is 34.6 Å². The van der Waals surface area contributed by atoms with E-state index in [0.717, 1.165) is 25.2 Å². The minimum Gasteiger partial charge on any atom is -0.462 e. The van der Waals surface area contributed by atoms with Crippen LogP contribution in [0.2, 0.25) is 0 Å². The van der Waals surface area contributed by atoms with Gasteiger partial charge in [-0.3, -0.25) is 9.59 Å². The molecular formula is C34H58F6O6. The maximum Gasteiger partial charge on any atom is 0.417 e. The average Bonchev–Trinajstić information content (AvgIpc) is 2.91. The highest BCUT2D eigenvalue weighted by atomic mass is 19.4. The number of rotatable bonds is 8. The Morgan fingerprint density at radius 1 is 0.565 bits per heavy atom. The lowest BCUT2D eigenvalue weighted by Gasteiger charge is -2.46. The molecule has 2 aliphatic rings. The van der Waals surface area contributed by atoms with E-state index in [9.17, 15) is 46.1 Å². The van der Waals surface area contributed by atoms with Crippen molar-refractivity contribution in [2.24, 2.45) is 34.0 Å². The quantitative estimate of drug-likeness (QED) is 0.197. The molecule has 0 saturated heterocycles. The number of aliphatic hydroxyl groups is 2. The first-order valence-corrected chi connectivity index (χ1v) is 16.4. The SMILES string of the molecule is CCC(C)(C)C(=O)OC1CC(C(C)(O)C(F)(F)F)CC(C(C)(O)C(F)(F)F)C1.CCC(C)(C)C(=O)OC1CCC(C(C)(C)C)CC1. The summed E-state index contributed by atoms with van der Waals surface area (Å²) < 4.78 is 90.5. The van der Waals surface area contributed by atoms with E-state index in [4.69, 9.17) is 9.47 Å². The van der Waals surface area contributed by atoms with Crippen molar-refractivity contribution in [1.82, 2.24) is 0 Å². The van der Waals surface area contributed by atoms with Crippen LogP contribution in [0.1, 0.15) is 134 Å². The Morgan fingerprint density at radius 2 is 0.891 bits per heavy atom. The van der Waals surface area contributed by atoms with Gasteiger partial charge >= 0.3 is 24.3 Å². The zero-order valence-electron chi connectivity index (χ0n) is 29.5. The number of alkyl halides is 6. The Kier molecular flexibility index (Phi) is 13.8. The molecule has 0 aromatic carbocycles. The van der Waals surface area contributed by atoms with Gasteiger partial charge in [-0.15, -0.1) is 0 Å². The van der Waals surface area contributed by atoms with Gasteiger partial charge in [0.1, 0.15) is 12.2 Å². The molecule has 0 bridgehead atoms. The summed E-state index contributed by atoms with van der Waals surface area (Å²) in [5.74, 6) is -3.36. The van der Waals surface area contributed by atoms with E-state index < -0.39 is 72.1 Å². The second kappa shape index (κ2) is 14.9. The smallest absolute Gasteiger partial charge is 0.417 e. The van der Waals surface area contributed by atoms with Gasteiger partial charge in [0, 0.05) is 11.8 Å². The number of hydrogen-bond donors (Lipinski definition) is 2. The average molecular weight is 677 g/mol. The Bertz CT molecular complexity index is 967. The first kappa shape index (κ1) is 42.5. The van der Waals surface area contributed by atoms with Crippen molar-refractivity contribution in [2.45, 2.75) is 170 Å². The molecule has 0 heterocycles. The molecular weight excluding hydrogens is 618 g/mol. The third kappa shape index (κ3) is 10.7. The molecule has 4 unspecified atom stereocenters. The fourth-order valence-corrected chi connectivity index (χ4v) is 5.70. The minimum absolute atomic E-state index is 0.0239. The predicted molar refractivity (Wildman–Crippen MR) is 164 cm³/mol. The molecule has 12 heteroatoms. The van der Waals surface area contributed by atoms with E-state index in [-0.39, 0.29) is 17.5 Å². The summed E-state index contributed by atoms with van der Waals surface area (Å²) in [5, 5.41) is 20.0. The zero-order valence-corrected chi connectivity index (χ0v) is 29.5. The summed E-state index contributed by atoms with van der Waals surface area (Å²) in [6.45, 7) is 18.7. The van der Waals surface area contributed by atoms with Gasteiger partial charge in [-0.25, -0.2) is 0 Å². The minimum atomic E-state index is -5.10. The Labute approximate surface area is 271 Å². The maximum atomic E-state index is 13.3. The molecule has 2 fully saturated rings. The fourth-order valence-electron chi connectivity index (χ4n) is 5.70. The van der Waals surface area contributed by atoms with Crippen molar-refractivity contribution >= 4 is 11.9 Å². The number of esters is 2. The van der Waals surface area contributed by atoms with Crippen LogP contribution in [0.25, 0.3) is 0 Å². The lowest BCUT2D eigenvalue weighted by molar-refractivity contribution is -0.299. The van der Waals surface area contributed by atoms with Crippen LogP contribution in [-0.4, -0.2) is 57.9 Å². The molecule has 272 valence electrons. The highest BCUT2D eigenvalue weighted by molar-refractivity contribution is 5.76. The largest absolute Gasteiger partial charge is 0.462 e. The maximum absolute atomic E-state index is 13.3. The lowest BCUT2D eigenvalue weighted by Crippen LogP contribution is -2.57. The summed E-state index contributed by atoms with van der Waals surface area (Å²) in [5.41, 5.74) is -7.50. The monoisotopic (exact) mass is 676 g/mol. The second-order valence-corrected chi connectivity index (χ2v) is 16.1. The second-order valence-electron chi connectivity index (χ2n) is 16.1. The third-order valence-electron chi connectivity index (χ3n) is 10.7. The van der Waals surface area contributed by atoms with Crippen LogP contribution in [0.3, 0.4) is 0 Å². The number of ether oxygens (including phenoxy) is 2. The van der Waals surface area contributed by atoms with Crippen molar-refractivity contribution in [3.05, 3.63) is 0 Å². The van der Waals surface area contributed by atoms with Gasteiger partial charge in [-0.05, 0) is 111 Å². The van der Waals surface area contributed by atoms with E-state index >= 15 is 0 Å². The number of carbonyl (C=O) groups excluding carboxylic acids is 2. The number of hydrogen-bond acceptors (Lipinski definition) is 6. The van der Waals surface area contributed by atoms with E-state index in [1.54, 1.807) is 20.8 Å². The van der Waals surface area contributed by atoms with Crippen molar-refractivity contribution in [2.75, 3.05) is 0 Å². The van der Waals surface area contributed by atoms with Gasteiger partial charge in [0.2, 0.25) is 0 Å². The van der Waals surface area contributed by atoms with Crippen LogP contribution in [0.15, 0.2) is 0 Å². The molecule has 0 radical (unpaired) electrons. The summed E-state index contributed by atoms with van der Waals surface area (Å²) in [4.78, 5) is 24.3. The molecule has 2 N–H and O–H groups in total. The standard InChI is InChI=1S/C18H28F6O4.C16H30O2/c1-6-14(2,3)13(25)28-12-8-10(15(4,26)17(19,20)21)7-11(9-12)16(5,27)18(22,23)24;1-7-16(5,6)14(17)18-13-10-8-12(9-11-13)15(2,3)4/h10-12,26-27H,6-9H2,1-5H3;12-13H,7-11H2,1-6H3. The molecule has 6 nitrogen and oxygen atoms in total. The van der Waals surface area contributed by atoms with Crippen molar-refractivity contribution in [1.29, 1.82) is 0 Å². The molecule has 46 heavy (non-hydrogen) atoms. The van der Waals surface area contributed by atoms with Gasteiger partial charge < -0.3 is 19.7 Å². The van der Waals surface area contributed by atoms with Crippen LogP contribution in [-0.2, 0) is 19.1 Å². The first-order chi connectivity index (χ1) is 20.4. The summed E-state index contributed by atoms with van der Waals surface area (Å²) >= 11 is 0. The number of carbonyl (C=O) groups is 2. The summed E-state index contributed by atoms with van der Waals surface area (Å²) in [6.07, 6.45) is -7.32. The van der Waals surface area contributed by atoms with Crippen LogP contribution >= 0.6 is 0 Å². The van der Waals surface area contributed by atoms with E-state index in [0.29, 0.717) is 25.7 Å². The summed E-state index contributed by atoms with van der Waals surface area (Å²) in [6, 6.07) is 0. The van der Waals surface area contributed by atoms with Crippen molar-refractivity contribution < 1.29 is 55.6 Å². The molecule has 0 aliphatic heterocycles. The predicted octanol–water partition coefficient (Wildman–Crippen LogP) is 8.95. The van der Waals surface area contributed by atoms with E-state index in [1.165, 1.54) is 12.8 Å². The Balaban J connectivity index is 0.000000506. The van der Waals surface area contributed by atoms with Gasteiger partial charge in [0.15, 0.2) is 11.2 Å². The summed E-state index contributed by atoms with van der Waals surface area (Å²) in [7, 11) is 0. The molecule has 4 atom stereocenters. The molecule has 0 aromatic rings. The van der Waals surface area contributed by atoms with Crippen LogP contribution in [0.4, 0.5) is 26.3 Å². The van der Waals surface area contributed by atoms with E-state index in [2.05, 4.69) is 20.8 Å². The van der Waals surface area contributed by atoms with Crippen LogP contribution in [0.5, 0.6) is 0 Å². The molecule has 0 amide bonds. The third-order valence-corrected chi connectivity index (χ3v) is 10.7. The molecule has 2 rings (SSSR count). The molecule has 0 spiro atoms. The molecule has 0 aromatic heterocycles. The van der Waals surface area contributed by atoms with E-state index in [1.807, 2.05) is 20.8 Å². The normalized spacial score (nSPS) is 27.8. The topological polar surface area (TPSA) is 93.1 Å². The lowest BCUT2D eigenvalue weighted by atomic mass is 9.67. The van der Waals surface area contributed by atoms with Gasteiger partial charge in [0.05, 0.1) is 10.8 Å². The van der Waals surface area contributed by atoms with Crippen LogP contribution in [0, 0.1) is 34.0 Å². The zero-order chi connectivity index (χ0) is 36.3. The highest BCUT2D eigenvalue weighted by Crippen LogP contribution is 2.50. The number of halogens is 6. The van der Waals surface area contributed by atoms with Gasteiger partial charge in [-0.2, -0.15) is 26.3 Å². The Hall–Kier alpha value is -1.56. The van der Waals surface area contributed by atoms with Gasteiger partial charge in [0.25, 0.3) is 0 Å². The Morgan fingerprint density at radius 3 is 1.17 bits per heavy atom. The first-order valence-electron chi connectivity index (χ1n) is 16.4. The van der Waals surface area contributed by atoms with Crippen molar-refractivity contribution in [3.63, 3.8) is 0 Å². The van der Waals surface area contributed by atoms with Crippen LogP contribution < -0.4 is 0 Å².